The number of hydrogen-bond acceptors (Lipinski definition) is 2. The van der Waals surface area contributed by atoms with Crippen molar-refractivity contribution in [1.29, 1.82) is 0 Å². The highest BCUT2D eigenvalue weighted by Gasteiger charge is 2.16. The summed E-state index contributed by atoms with van der Waals surface area (Å²) in [6.07, 6.45) is 8.72. The van der Waals surface area contributed by atoms with Crippen molar-refractivity contribution in [2.45, 2.75) is 46.0 Å². The van der Waals surface area contributed by atoms with Crippen LogP contribution in [0.1, 0.15) is 46.0 Å². The molecule has 0 aromatic carbocycles. The Kier molecular flexibility index (Phi) is 10.2. The minimum Gasteiger partial charge on any atom is -0.463 e. The van der Waals surface area contributed by atoms with Crippen LogP contribution in [0.15, 0.2) is 0 Å². The van der Waals surface area contributed by atoms with Crippen LogP contribution in [0.3, 0.4) is 0 Å². The molecule has 0 aromatic rings. The third kappa shape index (κ3) is 10.1. The van der Waals surface area contributed by atoms with Crippen molar-refractivity contribution < 1.29 is 9.53 Å². The lowest BCUT2D eigenvalue weighted by Gasteiger charge is -2.03. The summed E-state index contributed by atoms with van der Waals surface area (Å²) in [5.74, 6) is 1.77. The van der Waals surface area contributed by atoms with E-state index in [1.54, 1.807) is 0 Å². The molecule has 0 aliphatic rings. The van der Waals surface area contributed by atoms with E-state index >= 15 is 0 Å². The summed E-state index contributed by atoms with van der Waals surface area (Å²) in [6, 6.07) is 0. The second-order valence-corrected chi connectivity index (χ2v) is 6.11. The molecule has 0 saturated heterocycles. The second kappa shape index (κ2) is 10.3. The molecule has 3 heteroatoms. The number of esters is 1. The van der Waals surface area contributed by atoms with Crippen molar-refractivity contribution in [2.24, 2.45) is 0 Å². The molecule has 0 radical (unpaired) electrons. The van der Waals surface area contributed by atoms with Gasteiger partial charge in [-0.05, 0) is 30.7 Å². The zero-order chi connectivity index (χ0) is 11.5. The van der Waals surface area contributed by atoms with Crippen molar-refractivity contribution in [1.82, 2.24) is 0 Å². The van der Waals surface area contributed by atoms with E-state index in [4.69, 9.17) is 4.74 Å². The van der Waals surface area contributed by atoms with Crippen LogP contribution in [0.2, 0.25) is 0 Å². The van der Waals surface area contributed by atoms with Gasteiger partial charge in [-0.15, -0.1) is 0 Å². The van der Waals surface area contributed by atoms with E-state index in [0.717, 1.165) is 0 Å². The number of unbranched alkanes of at least 4 members (excludes halogenated alkanes) is 4. The van der Waals surface area contributed by atoms with E-state index in [1.807, 2.05) is 6.92 Å². The van der Waals surface area contributed by atoms with Crippen molar-refractivity contribution in [3.8, 4) is 0 Å². The molecule has 0 aliphatic carbocycles. The SMILES string of the molecule is CCCCCCC[S+](C)CC(=O)OCC. The van der Waals surface area contributed by atoms with Gasteiger partial charge >= 0.3 is 5.97 Å². The third-order valence-corrected chi connectivity index (χ3v) is 3.98. The smallest absolute Gasteiger partial charge is 0.356 e. The lowest BCUT2D eigenvalue weighted by Crippen LogP contribution is -2.20. The summed E-state index contributed by atoms with van der Waals surface area (Å²) >= 11 is 0. The van der Waals surface area contributed by atoms with E-state index in [2.05, 4.69) is 13.2 Å². The van der Waals surface area contributed by atoms with Crippen molar-refractivity contribution >= 4 is 16.9 Å². The number of carbonyl (C=O) groups is 1. The van der Waals surface area contributed by atoms with Gasteiger partial charge in [0.25, 0.3) is 0 Å². The Labute approximate surface area is 97.1 Å². The highest BCUT2D eigenvalue weighted by atomic mass is 32.2. The van der Waals surface area contributed by atoms with Gasteiger partial charge in [0, 0.05) is 0 Å². The van der Waals surface area contributed by atoms with Gasteiger partial charge in [0.05, 0.1) is 12.9 Å². The first-order chi connectivity index (χ1) is 7.20. The molecular formula is C12H25O2S+. The molecule has 2 nitrogen and oxygen atoms in total. The van der Waals surface area contributed by atoms with Crippen LogP contribution < -0.4 is 0 Å². The Hall–Kier alpha value is -0.180. The second-order valence-electron chi connectivity index (χ2n) is 3.85. The Morgan fingerprint density at radius 3 is 2.40 bits per heavy atom. The minimum absolute atomic E-state index is 0.0307. The normalized spacial score (nSPS) is 12.5. The summed E-state index contributed by atoms with van der Waals surface area (Å²) in [7, 11) is 0.218. The summed E-state index contributed by atoms with van der Waals surface area (Å²) in [5.41, 5.74) is 0. The van der Waals surface area contributed by atoms with E-state index in [0.29, 0.717) is 12.4 Å². The zero-order valence-corrected chi connectivity index (χ0v) is 11.2. The Morgan fingerprint density at radius 1 is 1.13 bits per heavy atom. The Balaban J connectivity index is 3.32. The molecule has 1 unspecified atom stereocenters. The molecule has 0 heterocycles. The highest BCUT2D eigenvalue weighted by molar-refractivity contribution is 7.96. The molecule has 0 fully saturated rings. The fourth-order valence-electron chi connectivity index (χ4n) is 1.43. The van der Waals surface area contributed by atoms with Crippen molar-refractivity contribution in [3.63, 3.8) is 0 Å². The lowest BCUT2D eigenvalue weighted by molar-refractivity contribution is -0.139. The molecule has 15 heavy (non-hydrogen) atoms. The van der Waals surface area contributed by atoms with Gasteiger partial charge in [-0.25, -0.2) is 4.79 Å². The van der Waals surface area contributed by atoms with Crippen LogP contribution >= 0.6 is 0 Å². The molecule has 90 valence electrons. The van der Waals surface area contributed by atoms with Gasteiger partial charge in [0.2, 0.25) is 5.75 Å². The molecule has 0 rings (SSSR count). The lowest BCUT2D eigenvalue weighted by atomic mass is 10.2. The van der Waals surface area contributed by atoms with E-state index in [1.165, 1.54) is 37.9 Å². The number of rotatable bonds is 9. The van der Waals surface area contributed by atoms with Gasteiger partial charge in [0.1, 0.15) is 5.75 Å². The summed E-state index contributed by atoms with van der Waals surface area (Å²) < 4.78 is 4.93. The standard InChI is InChI=1S/C12H25O2S/c1-4-6-7-8-9-10-15(3)11-12(13)14-5-2/h4-11H2,1-3H3/q+1. The predicted octanol–water partition coefficient (Wildman–Crippen LogP) is 2.77. The van der Waals surface area contributed by atoms with Gasteiger partial charge in [-0.2, -0.15) is 0 Å². The van der Waals surface area contributed by atoms with Crippen LogP contribution in [0, 0.1) is 0 Å². The first-order valence-electron chi connectivity index (χ1n) is 5.95. The first kappa shape index (κ1) is 14.8. The third-order valence-electron chi connectivity index (χ3n) is 2.27. The highest BCUT2D eigenvalue weighted by Crippen LogP contribution is 2.05. The van der Waals surface area contributed by atoms with Crippen LogP contribution in [0.4, 0.5) is 0 Å². The molecule has 0 aromatic heterocycles. The van der Waals surface area contributed by atoms with Crippen molar-refractivity contribution in [2.75, 3.05) is 24.4 Å². The average Bonchev–Trinajstić information content (AvgIpc) is 2.17. The van der Waals surface area contributed by atoms with Crippen LogP contribution in [0.5, 0.6) is 0 Å². The Morgan fingerprint density at radius 2 is 1.80 bits per heavy atom. The molecule has 0 N–H and O–H groups in total. The molecule has 1 atom stereocenters. The number of carbonyl (C=O) groups excluding carboxylic acids is 1. The fraction of sp³-hybridized carbons (Fsp3) is 0.917. The molecular weight excluding hydrogens is 208 g/mol. The maximum Gasteiger partial charge on any atom is 0.356 e. The first-order valence-corrected chi connectivity index (χ1v) is 7.92. The van der Waals surface area contributed by atoms with Crippen LogP contribution in [-0.4, -0.2) is 30.3 Å². The molecule has 0 aliphatic heterocycles. The van der Waals surface area contributed by atoms with Crippen LogP contribution in [-0.2, 0) is 20.4 Å². The van der Waals surface area contributed by atoms with E-state index in [9.17, 15) is 4.79 Å². The van der Waals surface area contributed by atoms with Gasteiger partial charge in [-0.1, -0.05) is 26.2 Å². The maximum atomic E-state index is 11.2. The average molecular weight is 233 g/mol. The molecule has 0 bridgehead atoms. The zero-order valence-electron chi connectivity index (χ0n) is 10.4. The topological polar surface area (TPSA) is 26.3 Å². The maximum absolute atomic E-state index is 11.2. The number of ether oxygens (including phenoxy) is 1. The van der Waals surface area contributed by atoms with Gasteiger partial charge in [-0.3, -0.25) is 0 Å². The molecule has 0 spiro atoms. The quantitative estimate of drug-likeness (QED) is 0.348. The summed E-state index contributed by atoms with van der Waals surface area (Å²) in [6.45, 7) is 4.59. The van der Waals surface area contributed by atoms with Crippen LogP contribution in [0.25, 0.3) is 0 Å². The molecule has 0 saturated carbocycles. The van der Waals surface area contributed by atoms with E-state index in [-0.39, 0.29) is 16.9 Å². The van der Waals surface area contributed by atoms with Crippen molar-refractivity contribution in [3.05, 3.63) is 0 Å². The molecule has 0 amide bonds. The fourth-order valence-corrected chi connectivity index (χ4v) is 2.75. The number of hydrogen-bond donors (Lipinski definition) is 0. The van der Waals surface area contributed by atoms with Gasteiger partial charge < -0.3 is 4.74 Å². The summed E-state index contributed by atoms with van der Waals surface area (Å²) in [4.78, 5) is 11.2. The van der Waals surface area contributed by atoms with E-state index < -0.39 is 0 Å². The Bertz CT molecular complexity index is 160. The predicted molar refractivity (Wildman–Crippen MR) is 68.4 cm³/mol. The minimum atomic E-state index is -0.0307. The van der Waals surface area contributed by atoms with Gasteiger partial charge in [0.15, 0.2) is 0 Å². The monoisotopic (exact) mass is 233 g/mol. The largest absolute Gasteiger partial charge is 0.463 e. The summed E-state index contributed by atoms with van der Waals surface area (Å²) in [5, 5.41) is 0.